The Morgan fingerprint density at radius 2 is 2.10 bits per heavy atom. The van der Waals surface area contributed by atoms with Gasteiger partial charge in [0.15, 0.2) is 0 Å². The van der Waals surface area contributed by atoms with Crippen LogP contribution in [0.5, 0.6) is 0 Å². The molecule has 0 aromatic rings. The van der Waals surface area contributed by atoms with Gasteiger partial charge in [0.25, 0.3) is 0 Å². The molecule has 3 nitrogen and oxygen atoms in total. The van der Waals surface area contributed by atoms with E-state index in [1.165, 1.54) is 25.9 Å². The minimum Gasteiger partial charge on any atom is -0.303 e. The van der Waals surface area contributed by atoms with Crippen LogP contribution in [-0.4, -0.2) is 31.1 Å². The summed E-state index contributed by atoms with van der Waals surface area (Å²) >= 11 is 0. The van der Waals surface area contributed by atoms with Crippen LogP contribution >= 0.6 is 0 Å². The number of nitrogens with zero attached hydrogens (tertiary/aromatic N) is 2. The van der Waals surface area contributed by atoms with E-state index < -0.39 is 0 Å². The third kappa shape index (κ3) is 0.770. The van der Waals surface area contributed by atoms with E-state index in [-0.39, 0.29) is 0 Å². The molecule has 10 heavy (non-hydrogen) atoms. The highest BCUT2D eigenvalue weighted by atomic mass is 16.3. The Morgan fingerprint density at radius 1 is 1.40 bits per heavy atom. The number of piperidine rings is 1. The molecular formula is C7H12N2O. The normalized spacial score (nSPS) is 44.2. The Balaban J connectivity index is 2.07. The maximum atomic E-state index is 10.1. The smallest absolute Gasteiger partial charge is 0.0880 e. The molecule has 2 heterocycles. The van der Waals surface area contributed by atoms with Crippen molar-refractivity contribution in [2.24, 2.45) is 10.6 Å². The molecule has 0 unspecified atom stereocenters. The van der Waals surface area contributed by atoms with E-state index in [2.05, 4.69) is 10.1 Å². The van der Waals surface area contributed by atoms with Gasteiger partial charge in [-0.1, -0.05) is 5.18 Å². The summed E-state index contributed by atoms with van der Waals surface area (Å²) in [5.41, 5.74) is 0.307. The molecule has 0 amide bonds. The molecule has 0 aliphatic carbocycles. The number of rotatable bonds is 2. The van der Waals surface area contributed by atoms with Crippen molar-refractivity contribution in [3.05, 3.63) is 4.91 Å². The Bertz CT molecular complexity index is 150. The molecule has 2 saturated heterocycles. The van der Waals surface area contributed by atoms with Crippen LogP contribution in [-0.2, 0) is 0 Å². The summed E-state index contributed by atoms with van der Waals surface area (Å²) in [4.78, 5) is 12.5. The second-order valence-corrected chi connectivity index (χ2v) is 3.56. The molecule has 0 N–H and O–H groups in total. The van der Waals surface area contributed by atoms with Crippen molar-refractivity contribution < 1.29 is 0 Å². The summed E-state index contributed by atoms with van der Waals surface area (Å²) in [6.07, 6.45) is 2.39. The summed E-state index contributed by atoms with van der Waals surface area (Å²) in [5.74, 6) is 0. The summed E-state index contributed by atoms with van der Waals surface area (Å²) in [5, 5.41) is 3.01. The Morgan fingerprint density at radius 3 is 2.50 bits per heavy atom. The third-order valence-electron chi connectivity index (χ3n) is 2.88. The predicted octanol–water partition coefficient (Wildman–Crippen LogP) is 0.849. The highest BCUT2D eigenvalue weighted by Crippen LogP contribution is 2.40. The molecule has 2 fully saturated rings. The number of hydrogen-bond donors (Lipinski definition) is 0. The van der Waals surface area contributed by atoms with Crippen molar-refractivity contribution in [3.8, 4) is 0 Å². The predicted molar refractivity (Wildman–Crippen MR) is 38.8 cm³/mol. The van der Waals surface area contributed by atoms with Gasteiger partial charge in [-0.05, 0) is 25.9 Å². The Labute approximate surface area is 60.4 Å². The van der Waals surface area contributed by atoms with Crippen molar-refractivity contribution in [2.75, 3.05) is 26.2 Å². The molecule has 3 heteroatoms. The molecule has 0 spiro atoms. The SMILES string of the molecule is O=NCC12CCN(CC1)C2. The topological polar surface area (TPSA) is 32.7 Å². The van der Waals surface area contributed by atoms with Gasteiger partial charge < -0.3 is 4.90 Å². The van der Waals surface area contributed by atoms with Gasteiger partial charge in [0.2, 0.25) is 0 Å². The maximum Gasteiger partial charge on any atom is 0.0880 e. The first-order chi connectivity index (χ1) is 4.85. The zero-order chi connectivity index (χ0) is 7.03. The molecule has 0 atom stereocenters. The molecule has 2 aliphatic rings. The van der Waals surface area contributed by atoms with Crippen molar-refractivity contribution in [2.45, 2.75) is 12.8 Å². The van der Waals surface area contributed by atoms with Gasteiger partial charge in [-0.2, -0.15) is 4.91 Å². The van der Waals surface area contributed by atoms with Gasteiger partial charge in [0.1, 0.15) is 0 Å². The van der Waals surface area contributed by atoms with Crippen molar-refractivity contribution in [1.82, 2.24) is 4.90 Å². The van der Waals surface area contributed by atoms with Crippen molar-refractivity contribution in [1.29, 1.82) is 0 Å². The monoisotopic (exact) mass is 140 g/mol. The van der Waals surface area contributed by atoms with Crippen molar-refractivity contribution in [3.63, 3.8) is 0 Å². The maximum absolute atomic E-state index is 10.1. The molecule has 0 aromatic carbocycles. The lowest BCUT2D eigenvalue weighted by Crippen LogP contribution is -2.22. The van der Waals surface area contributed by atoms with Crippen LogP contribution in [0, 0.1) is 10.3 Å². The molecule has 2 rings (SSSR count). The lowest BCUT2D eigenvalue weighted by molar-refractivity contribution is 0.328. The van der Waals surface area contributed by atoms with Gasteiger partial charge in [0, 0.05) is 12.0 Å². The molecular weight excluding hydrogens is 128 g/mol. The highest BCUT2D eigenvalue weighted by Gasteiger charge is 2.43. The van der Waals surface area contributed by atoms with Crippen LogP contribution in [0.15, 0.2) is 5.18 Å². The van der Waals surface area contributed by atoms with E-state index in [4.69, 9.17) is 0 Å². The number of nitroso groups, excluding NO2 is 1. The highest BCUT2D eigenvalue weighted by molar-refractivity contribution is 4.97. The van der Waals surface area contributed by atoms with Gasteiger partial charge >= 0.3 is 0 Å². The largest absolute Gasteiger partial charge is 0.303 e. The molecule has 2 aliphatic heterocycles. The van der Waals surface area contributed by atoms with E-state index >= 15 is 0 Å². The van der Waals surface area contributed by atoms with Crippen LogP contribution in [0.1, 0.15) is 12.8 Å². The van der Waals surface area contributed by atoms with Crippen LogP contribution in [0.3, 0.4) is 0 Å². The average molecular weight is 140 g/mol. The van der Waals surface area contributed by atoms with Gasteiger partial charge in [-0.25, -0.2) is 0 Å². The van der Waals surface area contributed by atoms with Crippen LogP contribution in [0.2, 0.25) is 0 Å². The molecule has 0 saturated carbocycles. The van der Waals surface area contributed by atoms with Crippen LogP contribution < -0.4 is 0 Å². The minimum absolute atomic E-state index is 0.307. The summed E-state index contributed by atoms with van der Waals surface area (Å²) in [7, 11) is 0. The second-order valence-electron chi connectivity index (χ2n) is 3.56. The second kappa shape index (κ2) is 2.02. The van der Waals surface area contributed by atoms with E-state index in [0.717, 1.165) is 6.54 Å². The Kier molecular flexibility index (Phi) is 1.27. The van der Waals surface area contributed by atoms with E-state index in [0.29, 0.717) is 12.0 Å². The average Bonchev–Trinajstić information content (AvgIpc) is 2.46. The first-order valence-electron chi connectivity index (χ1n) is 3.86. The van der Waals surface area contributed by atoms with Gasteiger partial charge in [-0.15, -0.1) is 0 Å². The van der Waals surface area contributed by atoms with Crippen LogP contribution in [0.4, 0.5) is 0 Å². The van der Waals surface area contributed by atoms with Crippen LogP contribution in [0.25, 0.3) is 0 Å². The molecule has 0 aromatic heterocycles. The quantitative estimate of drug-likeness (QED) is 0.533. The summed E-state index contributed by atoms with van der Waals surface area (Å²) < 4.78 is 0. The Hall–Kier alpha value is -0.440. The summed E-state index contributed by atoms with van der Waals surface area (Å²) in [6, 6.07) is 0. The molecule has 0 radical (unpaired) electrons. The lowest BCUT2D eigenvalue weighted by Gasteiger charge is -2.20. The molecule has 56 valence electrons. The fourth-order valence-electron chi connectivity index (χ4n) is 2.16. The molecule has 2 bridgehead atoms. The van der Waals surface area contributed by atoms with E-state index in [1.54, 1.807) is 0 Å². The fourth-order valence-corrected chi connectivity index (χ4v) is 2.16. The zero-order valence-corrected chi connectivity index (χ0v) is 6.05. The number of hydrogen-bond acceptors (Lipinski definition) is 3. The third-order valence-corrected chi connectivity index (χ3v) is 2.88. The van der Waals surface area contributed by atoms with Gasteiger partial charge in [0.05, 0.1) is 6.54 Å². The van der Waals surface area contributed by atoms with Gasteiger partial charge in [-0.3, -0.25) is 0 Å². The lowest BCUT2D eigenvalue weighted by atomic mass is 9.85. The van der Waals surface area contributed by atoms with E-state index in [1.807, 2.05) is 0 Å². The first-order valence-corrected chi connectivity index (χ1v) is 3.86. The first kappa shape index (κ1) is 6.28. The van der Waals surface area contributed by atoms with Crippen molar-refractivity contribution >= 4 is 0 Å². The van der Waals surface area contributed by atoms with E-state index in [9.17, 15) is 4.91 Å². The standard InChI is InChI=1S/C7H12N2O/c10-8-5-7-1-3-9(6-7)4-2-7/h1-6H2. The summed E-state index contributed by atoms with van der Waals surface area (Å²) in [6.45, 7) is 4.05. The minimum atomic E-state index is 0.307. The fraction of sp³-hybridized carbons (Fsp3) is 1.00. The number of fused-ring (bicyclic) bond motifs is 2. The zero-order valence-electron chi connectivity index (χ0n) is 6.05.